The first-order chi connectivity index (χ1) is 5.80. The standard InChI is InChI=1S/C11H14O/c1-2-10-7-9-3-5-11(10,8-12)6-4-9/h2-3,5,8-10H,1,4,6-7H2. The SMILES string of the molecule is C=CC1CC2C=CC1(C=O)CC2. The van der Waals surface area contributed by atoms with Crippen molar-refractivity contribution in [3.8, 4) is 0 Å². The lowest BCUT2D eigenvalue weighted by atomic mass is 9.60. The van der Waals surface area contributed by atoms with Gasteiger partial charge in [0.2, 0.25) is 0 Å². The highest BCUT2D eigenvalue weighted by Crippen LogP contribution is 2.48. The molecule has 1 saturated carbocycles. The molecule has 1 fully saturated rings. The minimum absolute atomic E-state index is 0.184. The Hall–Kier alpha value is -0.850. The molecule has 0 saturated heterocycles. The highest BCUT2D eigenvalue weighted by atomic mass is 16.1. The Morgan fingerprint density at radius 2 is 2.42 bits per heavy atom. The Labute approximate surface area is 73.2 Å². The van der Waals surface area contributed by atoms with Gasteiger partial charge in [0.15, 0.2) is 0 Å². The lowest BCUT2D eigenvalue weighted by molar-refractivity contribution is -0.117. The number of hydrogen-bond donors (Lipinski definition) is 0. The summed E-state index contributed by atoms with van der Waals surface area (Å²) in [7, 11) is 0. The van der Waals surface area contributed by atoms with Crippen molar-refractivity contribution in [2.24, 2.45) is 17.3 Å². The van der Waals surface area contributed by atoms with Gasteiger partial charge in [0.1, 0.15) is 6.29 Å². The molecule has 0 aromatic rings. The van der Waals surface area contributed by atoms with Crippen molar-refractivity contribution in [2.75, 3.05) is 0 Å². The van der Waals surface area contributed by atoms with E-state index >= 15 is 0 Å². The third-order valence-electron chi connectivity index (χ3n) is 3.38. The first kappa shape index (κ1) is 7.78. The Balaban J connectivity index is 2.37. The van der Waals surface area contributed by atoms with Crippen molar-refractivity contribution >= 4 is 6.29 Å². The highest BCUT2D eigenvalue weighted by molar-refractivity contribution is 5.65. The zero-order chi connectivity index (χ0) is 8.60. The maximum Gasteiger partial charge on any atom is 0.130 e. The van der Waals surface area contributed by atoms with E-state index < -0.39 is 0 Å². The molecule has 0 N–H and O–H groups in total. The van der Waals surface area contributed by atoms with Crippen LogP contribution < -0.4 is 0 Å². The van der Waals surface area contributed by atoms with Gasteiger partial charge in [-0.2, -0.15) is 0 Å². The van der Waals surface area contributed by atoms with Crippen LogP contribution in [0, 0.1) is 17.3 Å². The van der Waals surface area contributed by atoms with Crippen LogP contribution in [-0.4, -0.2) is 6.29 Å². The summed E-state index contributed by atoms with van der Waals surface area (Å²) in [5, 5.41) is 0. The number of aldehydes is 1. The van der Waals surface area contributed by atoms with Gasteiger partial charge in [-0.25, -0.2) is 0 Å². The molecule has 0 aromatic carbocycles. The third kappa shape index (κ3) is 0.889. The van der Waals surface area contributed by atoms with E-state index in [4.69, 9.17) is 0 Å². The van der Waals surface area contributed by atoms with Gasteiger partial charge in [-0.05, 0) is 31.1 Å². The molecular weight excluding hydrogens is 148 g/mol. The van der Waals surface area contributed by atoms with Gasteiger partial charge in [-0.1, -0.05) is 18.2 Å². The third-order valence-corrected chi connectivity index (χ3v) is 3.38. The molecule has 1 heteroatoms. The minimum atomic E-state index is -0.184. The van der Waals surface area contributed by atoms with E-state index in [-0.39, 0.29) is 5.41 Å². The molecule has 2 bridgehead atoms. The molecule has 3 aliphatic carbocycles. The van der Waals surface area contributed by atoms with Crippen molar-refractivity contribution in [1.82, 2.24) is 0 Å². The van der Waals surface area contributed by atoms with Crippen LogP contribution in [0.4, 0.5) is 0 Å². The summed E-state index contributed by atoms with van der Waals surface area (Å²) in [4.78, 5) is 11.0. The van der Waals surface area contributed by atoms with E-state index in [9.17, 15) is 4.79 Å². The van der Waals surface area contributed by atoms with Gasteiger partial charge in [0.05, 0.1) is 5.41 Å². The van der Waals surface area contributed by atoms with Gasteiger partial charge >= 0.3 is 0 Å². The molecule has 3 atom stereocenters. The Kier molecular flexibility index (Phi) is 1.67. The average molecular weight is 162 g/mol. The van der Waals surface area contributed by atoms with E-state index in [1.807, 2.05) is 6.08 Å². The summed E-state index contributed by atoms with van der Waals surface area (Å²) in [5.74, 6) is 1.09. The molecule has 0 aliphatic heterocycles. The summed E-state index contributed by atoms with van der Waals surface area (Å²) < 4.78 is 0. The van der Waals surface area contributed by atoms with Crippen LogP contribution in [0.25, 0.3) is 0 Å². The van der Waals surface area contributed by atoms with Crippen molar-refractivity contribution in [2.45, 2.75) is 19.3 Å². The van der Waals surface area contributed by atoms with Crippen molar-refractivity contribution in [1.29, 1.82) is 0 Å². The van der Waals surface area contributed by atoms with Crippen molar-refractivity contribution in [3.63, 3.8) is 0 Å². The van der Waals surface area contributed by atoms with Crippen LogP contribution in [0.3, 0.4) is 0 Å². The molecule has 64 valence electrons. The molecule has 3 unspecified atom stereocenters. The van der Waals surface area contributed by atoms with Crippen molar-refractivity contribution in [3.05, 3.63) is 24.8 Å². The number of rotatable bonds is 2. The van der Waals surface area contributed by atoms with E-state index in [0.29, 0.717) is 11.8 Å². The van der Waals surface area contributed by atoms with Gasteiger partial charge < -0.3 is 4.79 Å². The summed E-state index contributed by atoms with van der Waals surface area (Å²) in [6, 6.07) is 0. The molecule has 0 amide bonds. The zero-order valence-corrected chi connectivity index (χ0v) is 7.20. The molecule has 0 spiro atoms. The predicted octanol–water partition coefficient (Wildman–Crippen LogP) is 2.34. The monoisotopic (exact) mass is 162 g/mol. The van der Waals surface area contributed by atoms with Crippen LogP contribution in [-0.2, 0) is 4.79 Å². The molecule has 12 heavy (non-hydrogen) atoms. The van der Waals surface area contributed by atoms with Crippen molar-refractivity contribution < 1.29 is 4.79 Å². The number of fused-ring (bicyclic) bond motifs is 2. The summed E-state index contributed by atoms with van der Waals surface area (Å²) in [6.07, 6.45) is 10.7. The summed E-state index contributed by atoms with van der Waals surface area (Å²) in [5.41, 5.74) is -0.184. The highest BCUT2D eigenvalue weighted by Gasteiger charge is 2.42. The maximum atomic E-state index is 11.0. The molecule has 3 rings (SSSR count). The second-order valence-corrected chi connectivity index (χ2v) is 3.97. The van der Waals surface area contributed by atoms with Gasteiger partial charge in [-0.15, -0.1) is 6.58 Å². The normalized spacial score (nSPS) is 44.3. The van der Waals surface area contributed by atoms with Gasteiger partial charge in [0, 0.05) is 0 Å². The van der Waals surface area contributed by atoms with Crippen LogP contribution in [0.2, 0.25) is 0 Å². The number of carbonyl (C=O) groups is 1. The maximum absolute atomic E-state index is 11.0. The Morgan fingerprint density at radius 3 is 2.83 bits per heavy atom. The minimum Gasteiger partial charge on any atom is -0.302 e. The summed E-state index contributed by atoms with van der Waals surface area (Å²) in [6.45, 7) is 3.80. The van der Waals surface area contributed by atoms with E-state index in [2.05, 4.69) is 18.7 Å². The molecule has 0 heterocycles. The second-order valence-electron chi connectivity index (χ2n) is 3.97. The van der Waals surface area contributed by atoms with Gasteiger partial charge in [0.25, 0.3) is 0 Å². The quantitative estimate of drug-likeness (QED) is 0.450. The molecule has 0 radical (unpaired) electrons. The number of carbonyl (C=O) groups excluding carboxylic acids is 1. The molecule has 0 aromatic heterocycles. The lowest BCUT2D eigenvalue weighted by Gasteiger charge is -2.43. The Morgan fingerprint density at radius 1 is 1.58 bits per heavy atom. The fraction of sp³-hybridized carbons (Fsp3) is 0.545. The van der Waals surface area contributed by atoms with E-state index in [1.165, 1.54) is 6.42 Å². The van der Waals surface area contributed by atoms with E-state index in [1.54, 1.807) is 0 Å². The molecule has 3 aliphatic rings. The molecule has 1 nitrogen and oxygen atoms in total. The zero-order valence-electron chi connectivity index (χ0n) is 7.20. The van der Waals surface area contributed by atoms with Crippen LogP contribution in [0.5, 0.6) is 0 Å². The van der Waals surface area contributed by atoms with Crippen LogP contribution in [0.15, 0.2) is 24.8 Å². The summed E-state index contributed by atoms with van der Waals surface area (Å²) >= 11 is 0. The van der Waals surface area contributed by atoms with Gasteiger partial charge in [-0.3, -0.25) is 0 Å². The largest absolute Gasteiger partial charge is 0.302 e. The molecular formula is C11H14O. The lowest BCUT2D eigenvalue weighted by Crippen LogP contribution is -2.38. The fourth-order valence-corrected chi connectivity index (χ4v) is 2.48. The second kappa shape index (κ2) is 2.58. The van der Waals surface area contributed by atoms with Crippen LogP contribution >= 0.6 is 0 Å². The first-order valence-corrected chi connectivity index (χ1v) is 4.59. The smallest absolute Gasteiger partial charge is 0.130 e. The van der Waals surface area contributed by atoms with E-state index in [0.717, 1.165) is 19.1 Å². The first-order valence-electron chi connectivity index (χ1n) is 4.59. The number of allylic oxidation sites excluding steroid dienone is 3. The topological polar surface area (TPSA) is 17.1 Å². The Bertz CT molecular complexity index is 241. The predicted molar refractivity (Wildman–Crippen MR) is 48.7 cm³/mol. The number of hydrogen-bond acceptors (Lipinski definition) is 1. The average Bonchev–Trinajstić information content (AvgIpc) is 2.19. The fourth-order valence-electron chi connectivity index (χ4n) is 2.48. The van der Waals surface area contributed by atoms with Crippen LogP contribution in [0.1, 0.15) is 19.3 Å².